The normalized spacial score (nSPS) is 34.4. The van der Waals surface area contributed by atoms with E-state index < -0.39 is 73.3 Å². The van der Waals surface area contributed by atoms with Crippen LogP contribution in [0.25, 0.3) is 0 Å². The van der Waals surface area contributed by atoms with Crippen LogP contribution >= 0.6 is 0 Å². The molecule has 2 aromatic rings. The average molecular weight is 501 g/mol. The SMILES string of the molecule is Nc1ccn([C@@H]2O[C@H](CO)[C@@H](O)[C@@]2(N)O)c(=O)n1.Nc1ccn([C@@H]2O[C@H](CO)[C@@H](O)[C@H]2O)c(=O)n1. The largest absolute Gasteiger partial charge is 0.394 e. The summed E-state index contributed by atoms with van der Waals surface area (Å²) in [5.74, 6) is 0.0621. The molecule has 2 aromatic heterocycles. The molecular weight excluding hydrogens is 474 g/mol. The second-order valence-corrected chi connectivity index (χ2v) is 7.85. The van der Waals surface area contributed by atoms with Gasteiger partial charge >= 0.3 is 11.4 Å². The first-order chi connectivity index (χ1) is 16.4. The van der Waals surface area contributed by atoms with E-state index >= 15 is 0 Å². The van der Waals surface area contributed by atoms with Crippen molar-refractivity contribution in [3.63, 3.8) is 0 Å². The van der Waals surface area contributed by atoms with Gasteiger partial charge in [0, 0.05) is 12.4 Å². The van der Waals surface area contributed by atoms with E-state index in [-0.39, 0.29) is 11.6 Å². The molecule has 0 saturated carbocycles. The summed E-state index contributed by atoms with van der Waals surface area (Å²) in [6, 6.07) is 2.69. The number of ether oxygens (including phenoxy) is 2. The molecule has 2 aliphatic rings. The molecule has 2 fully saturated rings. The third kappa shape index (κ3) is 5.17. The molecule has 8 atom stereocenters. The van der Waals surface area contributed by atoms with Gasteiger partial charge in [-0.2, -0.15) is 9.97 Å². The molecule has 4 heterocycles. The number of anilines is 2. The van der Waals surface area contributed by atoms with Crippen LogP contribution in [0.1, 0.15) is 12.5 Å². The molecule has 2 saturated heterocycles. The highest BCUT2D eigenvalue weighted by Crippen LogP contribution is 2.33. The summed E-state index contributed by atoms with van der Waals surface area (Å²) >= 11 is 0. The molecule has 0 unspecified atom stereocenters. The Bertz CT molecular complexity index is 1140. The number of aliphatic hydroxyl groups is 6. The van der Waals surface area contributed by atoms with Crippen molar-refractivity contribution >= 4 is 11.6 Å². The number of rotatable bonds is 4. The molecule has 12 N–H and O–H groups in total. The molecular formula is C18H27N7O10. The highest BCUT2D eigenvalue weighted by molar-refractivity contribution is 5.24. The fourth-order valence-electron chi connectivity index (χ4n) is 3.56. The van der Waals surface area contributed by atoms with E-state index in [4.69, 9.17) is 36.9 Å². The van der Waals surface area contributed by atoms with E-state index in [0.717, 1.165) is 9.13 Å². The van der Waals surface area contributed by atoms with Gasteiger partial charge < -0.3 is 51.6 Å². The van der Waals surface area contributed by atoms with Gasteiger partial charge in [-0.25, -0.2) is 9.59 Å². The van der Waals surface area contributed by atoms with Crippen molar-refractivity contribution in [2.45, 2.75) is 48.7 Å². The molecule has 17 heteroatoms. The van der Waals surface area contributed by atoms with Crippen LogP contribution in [-0.2, 0) is 9.47 Å². The lowest BCUT2D eigenvalue weighted by atomic mass is 10.1. The summed E-state index contributed by atoms with van der Waals surface area (Å²) in [5, 5.41) is 56.7. The quantitative estimate of drug-likeness (QED) is 0.176. The van der Waals surface area contributed by atoms with Crippen LogP contribution in [0.4, 0.5) is 11.6 Å². The predicted molar refractivity (Wildman–Crippen MR) is 115 cm³/mol. The summed E-state index contributed by atoms with van der Waals surface area (Å²) in [7, 11) is 0. The summed E-state index contributed by atoms with van der Waals surface area (Å²) in [6.45, 7) is -1.000. The Kier molecular flexibility index (Phi) is 7.84. The zero-order chi connectivity index (χ0) is 26.1. The maximum atomic E-state index is 11.6. The maximum absolute atomic E-state index is 11.6. The van der Waals surface area contributed by atoms with Gasteiger partial charge in [-0.15, -0.1) is 0 Å². The minimum atomic E-state index is -2.21. The molecule has 194 valence electrons. The molecule has 35 heavy (non-hydrogen) atoms. The van der Waals surface area contributed by atoms with Gasteiger partial charge in [0.25, 0.3) is 0 Å². The van der Waals surface area contributed by atoms with Crippen molar-refractivity contribution in [3.8, 4) is 0 Å². The van der Waals surface area contributed by atoms with Crippen LogP contribution in [0.15, 0.2) is 34.1 Å². The Balaban J connectivity index is 0.000000196. The number of aromatic nitrogens is 4. The third-order valence-electron chi connectivity index (χ3n) is 5.45. The Hall–Kier alpha value is -3.00. The standard InChI is InChI=1S/C9H14N4O5.C9H13N3O5/c10-5-1-2-13(8(16)12-5)7-9(11,17)6(15)4(3-14)18-7;10-5-1-2-12(9(16)11-5)8-7(15)6(14)4(3-13)17-8/h1-2,4,6-7,14-15,17H,3,11H2,(H2,10,12,16);1-2,4,6-8,13-15H,3H2,(H2,10,11,16)/t4-,6-,7-,9-;4-,6-,7-,8-/m11/s1. The zero-order valence-corrected chi connectivity index (χ0v) is 18.1. The van der Waals surface area contributed by atoms with Gasteiger partial charge in [-0.05, 0) is 12.1 Å². The van der Waals surface area contributed by atoms with E-state index in [1.807, 2.05) is 0 Å². The van der Waals surface area contributed by atoms with E-state index in [2.05, 4.69) is 9.97 Å². The summed E-state index contributed by atoms with van der Waals surface area (Å²) in [5.41, 5.74) is 12.5. The number of nitrogen functional groups attached to an aromatic ring is 2. The highest BCUT2D eigenvalue weighted by atomic mass is 16.6. The Morgan fingerprint density at radius 2 is 1.40 bits per heavy atom. The number of nitrogens with zero attached hydrogens (tertiary/aromatic N) is 4. The van der Waals surface area contributed by atoms with Crippen LogP contribution in [0, 0.1) is 0 Å². The molecule has 0 radical (unpaired) electrons. The van der Waals surface area contributed by atoms with Crippen molar-refractivity contribution in [3.05, 3.63) is 45.5 Å². The van der Waals surface area contributed by atoms with Crippen LogP contribution < -0.4 is 28.6 Å². The Morgan fingerprint density at radius 3 is 1.83 bits per heavy atom. The van der Waals surface area contributed by atoms with Crippen molar-refractivity contribution < 1.29 is 40.1 Å². The van der Waals surface area contributed by atoms with E-state index in [1.54, 1.807) is 0 Å². The van der Waals surface area contributed by atoms with E-state index in [0.29, 0.717) is 0 Å². The summed E-state index contributed by atoms with van der Waals surface area (Å²) in [6.07, 6.45) is -6.01. The second kappa shape index (κ2) is 10.3. The van der Waals surface area contributed by atoms with Gasteiger partial charge in [-0.3, -0.25) is 14.9 Å². The number of nitrogens with two attached hydrogens (primary N) is 3. The van der Waals surface area contributed by atoms with Crippen LogP contribution in [0.5, 0.6) is 0 Å². The molecule has 0 aliphatic carbocycles. The lowest BCUT2D eigenvalue weighted by Gasteiger charge is -2.26. The predicted octanol–water partition coefficient (Wildman–Crippen LogP) is -5.84. The molecule has 2 aliphatic heterocycles. The number of aliphatic hydroxyl groups excluding tert-OH is 5. The molecule has 0 aromatic carbocycles. The van der Waals surface area contributed by atoms with E-state index in [9.17, 15) is 30.0 Å². The summed E-state index contributed by atoms with van der Waals surface area (Å²) in [4.78, 5) is 30.0. The van der Waals surface area contributed by atoms with E-state index in [1.165, 1.54) is 24.5 Å². The second-order valence-electron chi connectivity index (χ2n) is 7.85. The van der Waals surface area contributed by atoms with Crippen molar-refractivity contribution in [1.29, 1.82) is 0 Å². The van der Waals surface area contributed by atoms with Crippen LogP contribution in [-0.4, -0.2) is 99.2 Å². The van der Waals surface area contributed by atoms with Crippen molar-refractivity contribution in [2.24, 2.45) is 5.73 Å². The molecule has 0 spiro atoms. The minimum Gasteiger partial charge on any atom is -0.394 e. The first kappa shape index (κ1) is 26.6. The Labute approximate surface area is 196 Å². The lowest BCUT2D eigenvalue weighted by molar-refractivity contribution is -0.107. The first-order valence-corrected chi connectivity index (χ1v) is 10.2. The first-order valence-electron chi connectivity index (χ1n) is 10.2. The molecule has 17 nitrogen and oxygen atoms in total. The summed E-state index contributed by atoms with van der Waals surface area (Å²) < 4.78 is 12.2. The molecule has 0 amide bonds. The van der Waals surface area contributed by atoms with Gasteiger partial charge in [0.05, 0.1) is 13.2 Å². The van der Waals surface area contributed by atoms with Crippen LogP contribution in [0.3, 0.4) is 0 Å². The number of hydrogen-bond donors (Lipinski definition) is 9. The topological polar surface area (TPSA) is 288 Å². The monoisotopic (exact) mass is 501 g/mol. The van der Waals surface area contributed by atoms with Gasteiger partial charge in [0.1, 0.15) is 42.2 Å². The van der Waals surface area contributed by atoms with Crippen molar-refractivity contribution in [2.75, 3.05) is 24.7 Å². The third-order valence-corrected chi connectivity index (χ3v) is 5.45. The number of hydrogen-bond acceptors (Lipinski definition) is 15. The molecule has 0 bridgehead atoms. The highest BCUT2D eigenvalue weighted by Gasteiger charge is 2.54. The fourth-order valence-corrected chi connectivity index (χ4v) is 3.56. The van der Waals surface area contributed by atoms with Crippen molar-refractivity contribution in [1.82, 2.24) is 19.1 Å². The molecule has 4 rings (SSSR count). The van der Waals surface area contributed by atoms with Gasteiger partial charge in [0.15, 0.2) is 18.2 Å². The van der Waals surface area contributed by atoms with Gasteiger partial charge in [0.2, 0.25) is 0 Å². The maximum Gasteiger partial charge on any atom is 0.351 e. The smallest absolute Gasteiger partial charge is 0.351 e. The van der Waals surface area contributed by atoms with Gasteiger partial charge in [-0.1, -0.05) is 0 Å². The zero-order valence-electron chi connectivity index (χ0n) is 18.1. The fraction of sp³-hybridized carbons (Fsp3) is 0.556. The average Bonchev–Trinajstić information content (AvgIpc) is 3.21. The minimum absolute atomic E-state index is 0.00839. The Morgan fingerprint density at radius 1 is 0.886 bits per heavy atom. The lowest BCUT2D eigenvalue weighted by Crippen LogP contribution is -2.55. The van der Waals surface area contributed by atoms with Crippen LogP contribution in [0.2, 0.25) is 0 Å².